The maximum absolute atomic E-state index is 12.5. The standard InChI is InChI=1S/C30H41N5O/c1-8-26(23-10-12-24(13-11-23)28(36)33-19-30(5,6)7)34-22(4)18-25-16-21(3)27(17-20(25)2)35-29-31-14-9-15-32-29/h8,10-13,16-17H,9,14-15,18-19H2,1-7H3,(H,33,36)(H2,31,32,35)/b26-8-,34-22?. The van der Waals surface area contributed by atoms with Crippen LogP contribution in [0.25, 0.3) is 5.70 Å². The van der Waals surface area contributed by atoms with E-state index in [4.69, 9.17) is 4.99 Å². The Morgan fingerprint density at radius 1 is 1.11 bits per heavy atom. The lowest BCUT2D eigenvalue weighted by atomic mass is 9.97. The number of benzene rings is 2. The van der Waals surface area contributed by atoms with Gasteiger partial charge in [0.05, 0.1) is 5.70 Å². The van der Waals surface area contributed by atoms with Crippen LogP contribution in [0, 0.1) is 19.3 Å². The summed E-state index contributed by atoms with van der Waals surface area (Å²) in [7, 11) is 0. The molecule has 0 spiro atoms. The minimum absolute atomic E-state index is 0.0479. The number of aryl methyl sites for hydroxylation is 2. The van der Waals surface area contributed by atoms with Crippen molar-refractivity contribution < 1.29 is 4.79 Å². The topological polar surface area (TPSA) is 77.9 Å². The number of allylic oxidation sites excluding steroid dienone is 1. The Kier molecular flexibility index (Phi) is 9.08. The molecule has 1 heterocycles. The Morgan fingerprint density at radius 2 is 1.81 bits per heavy atom. The summed E-state index contributed by atoms with van der Waals surface area (Å²) in [5.74, 6) is 0.804. The molecule has 1 aliphatic rings. The number of guanidine groups is 1. The molecule has 2 aromatic rings. The molecule has 6 heteroatoms. The third kappa shape index (κ3) is 7.80. The Hall–Kier alpha value is -3.41. The monoisotopic (exact) mass is 487 g/mol. The SMILES string of the molecule is C/C=C(\N=C(C)Cc1cc(C)c(NC2=NCCCN2)cc1C)c1ccc(C(=O)NCC(C)(C)C)cc1. The summed E-state index contributed by atoms with van der Waals surface area (Å²) < 4.78 is 0. The van der Waals surface area contributed by atoms with Crippen molar-refractivity contribution in [1.29, 1.82) is 0 Å². The van der Waals surface area contributed by atoms with E-state index in [2.05, 4.69) is 74.6 Å². The predicted molar refractivity (Wildman–Crippen MR) is 153 cm³/mol. The molecule has 0 radical (unpaired) electrons. The Morgan fingerprint density at radius 3 is 2.42 bits per heavy atom. The summed E-state index contributed by atoms with van der Waals surface area (Å²) in [6.45, 7) is 17.1. The lowest BCUT2D eigenvalue weighted by Gasteiger charge is -2.19. The molecule has 0 fully saturated rings. The molecule has 192 valence electrons. The third-order valence-corrected chi connectivity index (χ3v) is 6.09. The zero-order valence-electron chi connectivity index (χ0n) is 22.9. The number of rotatable bonds is 7. The summed E-state index contributed by atoms with van der Waals surface area (Å²) >= 11 is 0. The molecule has 6 nitrogen and oxygen atoms in total. The summed E-state index contributed by atoms with van der Waals surface area (Å²) in [6, 6.07) is 12.1. The molecule has 0 aromatic heterocycles. The van der Waals surface area contributed by atoms with Crippen LogP contribution in [0.15, 0.2) is 52.5 Å². The number of nitrogens with one attached hydrogen (secondary N) is 3. The minimum atomic E-state index is -0.0479. The van der Waals surface area contributed by atoms with Gasteiger partial charge in [0.15, 0.2) is 5.96 Å². The molecule has 1 aliphatic heterocycles. The van der Waals surface area contributed by atoms with Crippen LogP contribution in [0.4, 0.5) is 5.69 Å². The predicted octanol–water partition coefficient (Wildman–Crippen LogP) is 5.90. The lowest BCUT2D eigenvalue weighted by molar-refractivity contribution is 0.0939. The third-order valence-electron chi connectivity index (χ3n) is 6.09. The second-order valence-corrected chi connectivity index (χ2v) is 10.7. The van der Waals surface area contributed by atoms with Gasteiger partial charge in [-0.05, 0) is 80.0 Å². The van der Waals surface area contributed by atoms with Gasteiger partial charge in [0.25, 0.3) is 5.91 Å². The van der Waals surface area contributed by atoms with E-state index in [1.165, 1.54) is 16.7 Å². The van der Waals surface area contributed by atoms with E-state index >= 15 is 0 Å². The number of hydrogen-bond donors (Lipinski definition) is 3. The van der Waals surface area contributed by atoms with Crippen molar-refractivity contribution in [1.82, 2.24) is 10.6 Å². The van der Waals surface area contributed by atoms with E-state index in [1.807, 2.05) is 37.3 Å². The molecular weight excluding hydrogens is 446 g/mol. The molecule has 36 heavy (non-hydrogen) atoms. The van der Waals surface area contributed by atoms with Gasteiger partial charge in [-0.15, -0.1) is 0 Å². The minimum Gasteiger partial charge on any atom is -0.356 e. The van der Waals surface area contributed by atoms with Crippen molar-refractivity contribution in [3.8, 4) is 0 Å². The fourth-order valence-electron chi connectivity index (χ4n) is 4.00. The smallest absolute Gasteiger partial charge is 0.251 e. The molecule has 0 aliphatic carbocycles. The van der Waals surface area contributed by atoms with Crippen LogP contribution in [0.3, 0.4) is 0 Å². The van der Waals surface area contributed by atoms with Gasteiger partial charge >= 0.3 is 0 Å². The molecule has 0 atom stereocenters. The van der Waals surface area contributed by atoms with Crippen molar-refractivity contribution >= 4 is 29.0 Å². The molecule has 3 N–H and O–H groups in total. The Bertz CT molecular complexity index is 1170. The molecule has 0 saturated heterocycles. The summed E-state index contributed by atoms with van der Waals surface area (Å²) in [5.41, 5.74) is 8.41. The van der Waals surface area contributed by atoms with Crippen molar-refractivity contribution in [2.75, 3.05) is 25.0 Å². The summed E-state index contributed by atoms with van der Waals surface area (Å²) in [6.07, 6.45) is 3.86. The van der Waals surface area contributed by atoms with E-state index in [-0.39, 0.29) is 11.3 Å². The van der Waals surface area contributed by atoms with Crippen LogP contribution >= 0.6 is 0 Å². The van der Waals surface area contributed by atoms with Gasteiger partial charge in [-0.1, -0.05) is 45.0 Å². The molecule has 0 saturated carbocycles. The fourth-order valence-corrected chi connectivity index (χ4v) is 4.00. The van der Waals surface area contributed by atoms with Crippen LogP contribution in [0.5, 0.6) is 0 Å². The quantitative estimate of drug-likeness (QED) is 0.425. The highest BCUT2D eigenvalue weighted by Gasteiger charge is 2.14. The molecule has 3 rings (SSSR count). The van der Waals surface area contributed by atoms with Gasteiger partial charge in [-0.3, -0.25) is 14.8 Å². The highest BCUT2D eigenvalue weighted by atomic mass is 16.1. The van der Waals surface area contributed by atoms with Gasteiger partial charge < -0.3 is 16.0 Å². The maximum atomic E-state index is 12.5. The van der Waals surface area contributed by atoms with E-state index in [9.17, 15) is 4.79 Å². The normalized spacial score (nSPS) is 14.7. The first-order chi connectivity index (χ1) is 17.1. The number of anilines is 1. The van der Waals surface area contributed by atoms with Crippen LogP contribution < -0.4 is 16.0 Å². The molecule has 2 aromatic carbocycles. The number of hydrogen-bond acceptors (Lipinski definition) is 5. The summed E-state index contributed by atoms with van der Waals surface area (Å²) in [4.78, 5) is 21.9. The first kappa shape index (κ1) is 27.2. The van der Waals surface area contributed by atoms with Gasteiger partial charge in [0.1, 0.15) is 0 Å². The van der Waals surface area contributed by atoms with Gasteiger partial charge in [0, 0.05) is 43.0 Å². The largest absolute Gasteiger partial charge is 0.356 e. The van der Waals surface area contributed by atoms with Crippen LogP contribution in [-0.2, 0) is 6.42 Å². The number of nitrogens with zero attached hydrogens (tertiary/aromatic N) is 2. The van der Waals surface area contributed by atoms with Crippen molar-refractivity contribution in [2.24, 2.45) is 15.4 Å². The zero-order chi connectivity index (χ0) is 26.3. The van der Waals surface area contributed by atoms with Crippen LogP contribution in [-0.4, -0.2) is 37.2 Å². The highest BCUT2D eigenvalue weighted by molar-refractivity contribution is 5.96. The van der Waals surface area contributed by atoms with Crippen LogP contribution in [0.1, 0.15) is 73.7 Å². The van der Waals surface area contributed by atoms with E-state index in [0.717, 1.165) is 54.6 Å². The highest BCUT2D eigenvalue weighted by Crippen LogP contribution is 2.23. The maximum Gasteiger partial charge on any atom is 0.251 e. The average molecular weight is 488 g/mol. The van der Waals surface area contributed by atoms with Gasteiger partial charge in [0.2, 0.25) is 0 Å². The van der Waals surface area contributed by atoms with Crippen LogP contribution in [0.2, 0.25) is 0 Å². The average Bonchev–Trinajstić information content (AvgIpc) is 2.84. The first-order valence-electron chi connectivity index (χ1n) is 12.8. The summed E-state index contributed by atoms with van der Waals surface area (Å²) in [5, 5.41) is 9.75. The van der Waals surface area contributed by atoms with Crippen molar-refractivity contribution in [3.63, 3.8) is 0 Å². The zero-order valence-corrected chi connectivity index (χ0v) is 22.9. The fraction of sp³-hybridized carbons (Fsp3) is 0.433. The molecule has 1 amide bonds. The second-order valence-electron chi connectivity index (χ2n) is 10.7. The molecule has 0 bridgehead atoms. The van der Waals surface area contributed by atoms with E-state index in [1.54, 1.807) is 0 Å². The Labute approximate surface area is 216 Å². The van der Waals surface area contributed by atoms with E-state index in [0.29, 0.717) is 12.1 Å². The van der Waals surface area contributed by atoms with Crippen molar-refractivity contribution in [3.05, 3.63) is 70.3 Å². The van der Waals surface area contributed by atoms with Gasteiger partial charge in [-0.25, -0.2) is 0 Å². The number of aliphatic imine (C=N–C) groups is 2. The van der Waals surface area contributed by atoms with E-state index < -0.39 is 0 Å². The Balaban J connectivity index is 1.69. The molecular formula is C30H41N5O. The second kappa shape index (κ2) is 12.0. The number of amides is 1. The number of carbonyl (C=O) groups excluding carboxylic acids is 1. The first-order valence-corrected chi connectivity index (χ1v) is 12.8. The molecule has 0 unspecified atom stereocenters. The van der Waals surface area contributed by atoms with Gasteiger partial charge in [-0.2, -0.15) is 0 Å². The van der Waals surface area contributed by atoms with Crippen molar-refractivity contribution in [2.45, 2.75) is 61.3 Å². The number of carbonyl (C=O) groups is 1. The lowest BCUT2D eigenvalue weighted by Crippen LogP contribution is -2.35.